The van der Waals surface area contributed by atoms with E-state index in [4.69, 9.17) is 4.74 Å². The molecule has 104 valence electrons. The van der Waals surface area contributed by atoms with Crippen LogP contribution in [-0.2, 0) is 5.92 Å². The number of halogens is 2. The molecule has 0 fully saturated rings. The molecule has 4 heteroatoms. The van der Waals surface area contributed by atoms with Crippen molar-refractivity contribution in [1.82, 2.24) is 0 Å². The van der Waals surface area contributed by atoms with Gasteiger partial charge in [0.25, 0.3) is 0 Å². The number of carbonyl (C=O) groups excluding carboxylic acids is 1. The molecule has 20 heavy (non-hydrogen) atoms. The van der Waals surface area contributed by atoms with Crippen LogP contribution in [0.4, 0.5) is 8.78 Å². The summed E-state index contributed by atoms with van der Waals surface area (Å²) in [5, 5.41) is 0. The fourth-order valence-electron chi connectivity index (χ4n) is 1.82. The van der Waals surface area contributed by atoms with Gasteiger partial charge in [0.2, 0.25) is 5.78 Å². The Hall–Kier alpha value is -2.23. The second kappa shape index (κ2) is 5.41. The van der Waals surface area contributed by atoms with Crippen LogP contribution < -0.4 is 4.74 Å². The van der Waals surface area contributed by atoms with Crippen LogP contribution in [0.3, 0.4) is 0 Å². The van der Waals surface area contributed by atoms with Crippen LogP contribution in [0.15, 0.2) is 48.5 Å². The lowest BCUT2D eigenvalue weighted by atomic mass is 9.98. The Labute approximate surface area is 116 Å². The molecule has 2 nitrogen and oxygen atoms in total. The van der Waals surface area contributed by atoms with Crippen molar-refractivity contribution in [3.8, 4) is 5.75 Å². The van der Waals surface area contributed by atoms with Crippen LogP contribution in [0, 0.1) is 6.92 Å². The lowest BCUT2D eigenvalue weighted by molar-refractivity contribution is 0.00740. The molecule has 0 bridgehead atoms. The van der Waals surface area contributed by atoms with Crippen molar-refractivity contribution in [2.45, 2.75) is 12.8 Å². The first kappa shape index (κ1) is 14.2. The van der Waals surface area contributed by atoms with Gasteiger partial charge in [-0.1, -0.05) is 29.8 Å². The highest BCUT2D eigenvalue weighted by Crippen LogP contribution is 2.32. The molecule has 0 aromatic heterocycles. The van der Waals surface area contributed by atoms with E-state index in [2.05, 4.69) is 0 Å². The molecule has 0 heterocycles. The maximum Gasteiger partial charge on any atom is 0.334 e. The van der Waals surface area contributed by atoms with Crippen LogP contribution in [0.1, 0.15) is 21.5 Å². The number of hydrogen-bond donors (Lipinski definition) is 0. The van der Waals surface area contributed by atoms with E-state index in [1.54, 1.807) is 12.1 Å². The zero-order chi connectivity index (χ0) is 14.8. The van der Waals surface area contributed by atoms with E-state index < -0.39 is 11.7 Å². The molecule has 0 saturated heterocycles. The maximum atomic E-state index is 14.2. The summed E-state index contributed by atoms with van der Waals surface area (Å²) in [6.07, 6.45) is 0. The van der Waals surface area contributed by atoms with Gasteiger partial charge < -0.3 is 4.74 Å². The van der Waals surface area contributed by atoms with Crippen LogP contribution in [0.2, 0.25) is 0 Å². The minimum atomic E-state index is -3.55. The first-order valence-corrected chi connectivity index (χ1v) is 6.09. The quantitative estimate of drug-likeness (QED) is 0.790. The van der Waals surface area contributed by atoms with E-state index >= 15 is 0 Å². The van der Waals surface area contributed by atoms with Crippen molar-refractivity contribution in [2.75, 3.05) is 7.11 Å². The summed E-state index contributed by atoms with van der Waals surface area (Å²) >= 11 is 0. The van der Waals surface area contributed by atoms with Gasteiger partial charge in [0.1, 0.15) is 5.75 Å². The predicted molar refractivity (Wildman–Crippen MR) is 72.4 cm³/mol. The monoisotopic (exact) mass is 276 g/mol. The van der Waals surface area contributed by atoms with Gasteiger partial charge >= 0.3 is 5.92 Å². The minimum absolute atomic E-state index is 0.00332. The fourth-order valence-corrected chi connectivity index (χ4v) is 1.82. The molecule has 0 spiro atoms. The number of benzene rings is 2. The zero-order valence-corrected chi connectivity index (χ0v) is 11.2. The lowest BCUT2D eigenvalue weighted by Crippen LogP contribution is -2.26. The van der Waals surface area contributed by atoms with Gasteiger partial charge in [0.05, 0.1) is 7.11 Å². The van der Waals surface area contributed by atoms with Gasteiger partial charge in [0, 0.05) is 11.1 Å². The zero-order valence-electron chi connectivity index (χ0n) is 11.2. The number of ketones is 1. The van der Waals surface area contributed by atoms with Gasteiger partial charge in [-0.25, -0.2) is 0 Å². The first-order chi connectivity index (χ1) is 9.45. The van der Waals surface area contributed by atoms with E-state index in [1.165, 1.54) is 43.5 Å². The molecule has 0 aliphatic rings. The molecule has 0 aliphatic carbocycles. The third-order valence-electron chi connectivity index (χ3n) is 3.05. The number of ether oxygens (including phenoxy) is 1. The molecule has 2 aromatic rings. The van der Waals surface area contributed by atoms with Crippen molar-refractivity contribution in [2.24, 2.45) is 0 Å². The Bertz CT molecular complexity index is 601. The lowest BCUT2D eigenvalue weighted by Gasteiger charge is -2.16. The van der Waals surface area contributed by atoms with E-state index in [0.717, 1.165) is 5.56 Å². The highest BCUT2D eigenvalue weighted by molar-refractivity contribution is 6.01. The first-order valence-electron chi connectivity index (χ1n) is 6.09. The van der Waals surface area contributed by atoms with Crippen molar-refractivity contribution in [1.29, 1.82) is 0 Å². The van der Waals surface area contributed by atoms with Crippen LogP contribution >= 0.6 is 0 Å². The van der Waals surface area contributed by atoms with Gasteiger partial charge in [-0.15, -0.1) is 0 Å². The van der Waals surface area contributed by atoms with E-state index in [0.29, 0.717) is 5.75 Å². The van der Waals surface area contributed by atoms with Crippen LogP contribution in [0.25, 0.3) is 0 Å². The summed E-state index contributed by atoms with van der Waals surface area (Å²) in [6.45, 7) is 1.83. The van der Waals surface area contributed by atoms with Crippen LogP contribution in [0.5, 0.6) is 5.75 Å². The second-order valence-electron chi connectivity index (χ2n) is 4.50. The molecule has 2 rings (SSSR count). The summed E-state index contributed by atoms with van der Waals surface area (Å²) in [4.78, 5) is 12.0. The molecule has 2 aromatic carbocycles. The predicted octanol–water partition coefficient (Wildman–Crippen LogP) is 3.98. The molecule has 0 unspecified atom stereocenters. The summed E-state index contributed by atoms with van der Waals surface area (Å²) in [6, 6.07) is 11.3. The Balaban J connectivity index is 2.32. The summed E-state index contributed by atoms with van der Waals surface area (Å²) in [5.74, 6) is -4.29. The SMILES string of the molecule is COc1ccc(C(F)(F)C(=O)c2ccc(C)cc2)cc1. The van der Waals surface area contributed by atoms with Gasteiger partial charge in [0.15, 0.2) is 0 Å². The van der Waals surface area contributed by atoms with Crippen molar-refractivity contribution in [3.05, 3.63) is 65.2 Å². The molecular weight excluding hydrogens is 262 g/mol. The number of carbonyl (C=O) groups is 1. The highest BCUT2D eigenvalue weighted by Gasteiger charge is 2.41. The van der Waals surface area contributed by atoms with Crippen LogP contribution in [-0.4, -0.2) is 12.9 Å². The summed E-state index contributed by atoms with van der Waals surface area (Å²) < 4.78 is 33.3. The molecule has 0 aliphatic heterocycles. The summed E-state index contributed by atoms with van der Waals surface area (Å²) in [7, 11) is 1.45. The minimum Gasteiger partial charge on any atom is -0.497 e. The number of rotatable bonds is 4. The number of aryl methyl sites for hydroxylation is 1. The smallest absolute Gasteiger partial charge is 0.334 e. The summed E-state index contributed by atoms with van der Waals surface area (Å²) in [5.41, 5.74) is 0.564. The molecule has 0 saturated carbocycles. The molecule has 0 radical (unpaired) electrons. The third-order valence-corrected chi connectivity index (χ3v) is 3.05. The Kier molecular flexibility index (Phi) is 3.84. The largest absolute Gasteiger partial charge is 0.497 e. The highest BCUT2D eigenvalue weighted by atomic mass is 19.3. The van der Waals surface area contributed by atoms with E-state index in [9.17, 15) is 13.6 Å². The Morgan fingerprint density at radius 2 is 1.55 bits per heavy atom. The average molecular weight is 276 g/mol. The van der Waals surface area contributed by atoms with Gasteiger partial charge in [-0.3, -0.25) is 4.79 Å². The van der Waals surface area contributed by atoms with E-state index in [-0.39, 0.29) is 11.1 Å². The Morgan fingerprint density at radius 1 is 1.00 bits per heavy atom. The van der Waals surface area contributed by atoms with E-state index in [1.807, 2.05) is 6.92 Å². The van der Waals surface area contributed by atoms with Crippen molar-refractivity contribution >= 4 is 5.78 Å². The number of Topliss-reactive ketones (excluding diaryl/α,β-unsaturated/α-hetero) is 1. The number of hydrogen-bond acceptors (Lipinski definition) is 2. The van der Waals surface area contributed by atoms with Crippen molar-refractivity contribution in [3.63, 3.8) is 0 Å². The maximum absolute atomic E-state index is 14.2. The topological polar surface area (TPSA) is 26.3 Å². The number of methoxy groups -OCH3 is 1. The normalized spacial score (nSPS) is 11.2. The second-order valence-corrected chi connectivity index (χ2v) is 4.50. The molecule has 0 atom stereocenters. The number of alkyl halides is 2. The Morgan fingerprint density at radius 3 is 2.05 bits per heavy atom. The molecular formula is C16H14F2O2. The fraction of sp³-hybridized carbons (Fsp3) is 0.188. The molecule has 0 N–H and O–H groups in total. The van der Waals surface area contributed by atoms with Crippen molar-refractivity contribution < 1.29 is 18.3 Å². The van der Waals surface area contributed by atoms with Gasteiger partial charge in [-0.2, -0.15) is 8.78 Å². The standard InChI is InChI=1S/C16H14F2O2/c1-11-3-5-12(6-4-11)15(19)16(17,18)13-7-9-14(20-2)10-8-13/h3-10H,1-2H3. The van der Waals surface area contributed by atoms with Gasteiger partial charge in [-0.05, 0) is 31.2 Å². The molecule has 0 amide bonds. The third kappa shape index (κ3) is 2.69. The average Bonchev–Trinajstić information content (AvgIpc) is 2.47.